The Morgan fingerprint density at radius 2 is 1.77 bits per heavy atom. The first-order chi connectivity index (χ1) is 12.7. The van der Waals surface area contributed by atoms with Crippen LogP contribution in [0.5, 0.6) is 5.75 Å². The third-order valence-corrected chi connectivity index (χ3v) is 5.04. The van der Waals surface area contributed by atoms with E-state index in [1.807, 2.05) is 0 Å². The molecule has 0 aliphatic carbocycles. The molecule has 138 valence electrons. The molecule has 1 fully saturated rings. The van der Waals surface area contributed by atoms with E-state index in [0.717, 1.165) is 12.1 Å². The second-order valence-electron chi connectivity index (χ2n) is 6.69. The van der Waals surface area contributed by atoms with E-state index in [1.165, 1.54) is 37.9 Å². The van der Waals surface area contributed by atoms with E-state index in [4.69, 9.17) is 16.3 Å². The van der Waals surface area contributed by atoms with Crippen LogP contribution in [-0.2, 0) is 13.1 Å². The molecule has 1 heterocycles. The summed E-state index contributed by atoms with van der Waals surface area (Å²) in [6.45, 7) is 3.90. The van der Waals surface area contributed by atoms with E-state index in [-0.39, 0.29) is 5.91 Å². The molecule has 5 heteroatoms. The second kappa shape index (κ2) is 9.06. The number of nitrogens with one attached hydrogen (secondary N) is 1. The molecule has 4 nitrogen and oxygen atoms in total. The highest BCUT2D eigenvalue weighted by atomic mass is 35.5. The maximum absolute atomic E-state index is 12.3. The number of carbonyl (C=O) groups is 1. The van der Waals surface area contributed by atoms with Gasteiger partial charge in [0.2, 0.25) is 0 Å². The van der Waals surface area contributed by atoms with Crippen molar-refractivity contribution in [2.75, 3.05) is 20.2 Å². The molecule has 0 spiro atoms. The molecule has 1 saturated heterocycles. The second-order valence-corrected chi connectivity index (χ2v) is 7.09. The Morgan fingerprint density at radius 3 is 2.42 bits per heavy atom. The predicted octanol–water partition coefficient (Wildman–Crippen LogP) is 4.26. The number of amides is 1. The summed E-state index contributed by atoms with van der Waals surface area (Å²) in [6, 6.07) is 13.5. The topological polar surface area (TPSA) is 41.6 Å². The average molecular weight is 373 g/mol. The van der Waals surface area contributed by atoms with Crippen LogP contribution in [0, 0.1) is 0 Å². The van der Waals surface area contributed by atoms with Crippen molar-refractivity contribution in [3.63, 3.8) is 0 Å². The molecule has 0 unspecified atom stereocenters. The Morgan fingerprint density at radius 1 is 1.08 bits per heavy atom. The summed E-state index contributed by atoms with van der Waals surface area (Å²) in [4.78, 5) is 14.8. The number of ether oxygens (including phenoxy) is 1. The summed E-state index contributed by atoms with van der Waals surface area (Å²) >= 11 is 6.08. The molecule has 2 aromatic rings. The molecule has 26 heavy (non-hydrogen) atoms. The van der Waals surface area contributed by atoms with Crippen molar-refractivity contribution >= 4 is 17.5 Å². The van der Waals surface area contributed by atoms with Crippen LogP contribution in [0.2, 0.25) is 5.02 Å². The van der Waals surface area contributed by atoms with Gasteiger partial charge in [0, 0.05) is 18.7 Å². The van der Waals surface area contributed by atoms with Crippen LogP contribution < -0.4 is 10.1 Å². The molecule has 0 aromatic heterocycles. The highest BCUT2D eigenvalue weighted by Crippen LogP contribution is 2.24. The van der Waals surface area contributed by atoms with Crippen molar-refractivity contribution in [3.8, 4) is 5.75 Å². The van der Waals surface area contributed by atoms with Gasteiger partial charge >= 0.3 is 0 Å². The van der Waals surface area contributed by atoms with Crippen molar-refractivity contribution in [1.29, 1.82) is 0 Å². The van der Waals surface area contributed by atoms with Gasteiger partial charge in [-0.3, -0.25) is 9.69 Å². The number of piperidine rings is 1. The molecule has 1 N–H and O–H groups in total. The van der Waals surface area contributed by atoms with Crippen LogP contribution >= 0.6 is 11.6 Å². The first-order valence-electron chi connectivity index (χ1n) is 9.07. The third kappa shape index (κ3) is 4.99. The number of benzene rings is 2. The van der Waals surface area contributed by atoms with Crippen LogP contribution in [0.25, 0.3) is 0 Å². The zero-order valence-electron chi connectivity index (χ0n) is 15.1. The van der Waals surface area contributed by atoms with Crippen molar-refractivity contribution in [2.24, 2.45) is 0 Å². The number of methoxy groups -OCH3 is 1. The van der Waals surface area contributed by atoms with Gasteiger partial charge in [0.1, 0.15) is 5.75 Å². The number of hydrogen-bond acceptors (Lipinski definition) is 3. The molecule has 0 radical (unpaired) electrons. The fraction of sp³-hybridized carbons (Fsp3) is 0.381. The molecular formula is C21H25ClN2O2. The summed E-state index contributed by atoms with van der Waals surface area (Å²) in [7, 11) is 1.55. The largest absolute Gasteiger partial charge is 0.495 e. The first kappa shape index (κ1) is 18.7. The lowest BCUT2D eigenvalue weighted by Gasteiger charge is -2.26. The van der Waals surface area contributed by atoms with Gasteiger partial charge in [0.25, 0.3) is 5.91 Å². The lowest BCUT2D eigenvalue weighted by Crippen LogP contribution is -2.29. The highest BCUT2D eigenvalue weighted by molar-refractivity contribution is 6.32. The smallest absolute Gasteiger partial charge is 0.251 e. The van der Waals surface area contributed by atoms with E-state index < -0.39 is 0 Å². The molecule has 1 amide bonds. The highest BCUT2D eigenvalue weighted by Gasteiger charge is 2.11. The van der Waals surface area contributed by atoms with Gasteiger partial charge in [-0.1, -0.05) is 42.3 Å². The fourth-order valence-corrected chi connectivity index (χ4v) is 3.49. The Labute approximate surface area is 160 Å². The SMILES string of the molecule is COc1ccc(C(=O)NCc2ccc(CN3CCCCC3)cc2)cc1Cl. The molecule has 1 aliphatic rings. The Hall–Kier alpha value is -2.04. The maximum Gasteiger partial charge on any atom is 0.251 e. The van der Waals surface area contributed by atoms with Crippen molar-refractivity contribution in [3.05, 3.63) is 64.2 Å². The Bertz CT molecular complexity index is 740. The van der Waals surface area contributed by atoms with E-state index >= 15 is 0 Å². The molecule has 0 atom stereocenters. The summed E-state index contributed by atoms with van der Waals surface area (Å²) in [6.07, 6.45) is 3.97. The van der Waals surface area contributed by atoms with Gasteiger partial charge in [-0.25, -0.2) is 0 Å². The van der Waals surface area contributed by atoms with Crippen molar-refractivity contribution in [2.45, 2.75) is 32.4 Å². The van der Waals surface area contributed by atoms with Crippen molar-refractivity contribution in [1.82, 2.24) is 10.2 Å². The lowest BCUT2D eigenvalue weighted by molar-refractivity contribution is 0.0951. The Kier molecular flexibility index (Phi) is 6.53. The van der Waals surface area contributed by atoms with Gasteiger partial charge < -0.3 is 10.1 Å². The zero-order chi connectivity index (χ0) is 18.4. The monoisotopic (exact) mass is 372 g/mol. The summed E-state index contributed by atoms with van der Waals surface area (Å²) in [5.41, 5.74) is 2.93. The number of halogens is 1. The summed E-state index contributed by atoms with van der Waals surface area (Å²) < 4.78 is 5.11. The average Bonchev–Trinajstić information content (AvgIpc) is 2.68. The van der Waals surface area contributed by atoms with Crippen LogP contribution in [-0.4, -0.2) is 31.0 Å². The van der Waals surface area contributed by atoms with E-state index in [1.54, 1.807) is 25.3 Å². The minimum absolute atomic E-state index is 0.146. The Balaban J connectivity index is 1.52. The normalized spacial score (nSPS) is 14.8. The van der Waals surface area contributed by atoms with Crippen molar-refractivity contribution < 1.29 is 9.53 Å². The minimum Gasteiger partial charge on any atom is -0.495 e. The lowest BCUT2D eigenvalue weighted by atomic mass is 10.1. The molecule has 0 saturated carbocycles. The van der Waals surface area contributed by atoms with E-state index in [9.17, 15) is 4.79 Å². The van der Waals surface area contributed by atoms with Crippen LogP contribution in [0.4, 0.5) is 0 Å². The van der Waals surface area contributed by atoms with Gasteiger partial charge in [-0.2, -0.15) is 0 Å². The fourth-order valence-electron chi connectivity index (χ4n) is 3.23. The van der Waals surface area contributed by atoms with Crippen LogP contribution in [0.3, 0.4) is 0 Å². The molecule has 1 aliphatic heterocycles. The minimum atomic E-state index is -0.146. The number of nitrogens with zero attached hydrogens (tertiary/aromatic N) is 1. The summed E-state index contributed by atoms with van der Waals surface area (Å²) in [5.74, 6) is 0.416. The van der Waals surface area contributed by atoms with E-state index in [2.05, 4.69) is 34.5 Å². The van der Waals surface area contributed by atoms with Gasteiger partial charge in [0.15, 0.2) is 0 Å². The molecule has 0 bridgehead atoms. The van der Waals surface area contributed by atoms with E-state index in [0.29, 0.717) is 22.9 Å². The molecule has 2 aromatic carbocycles. The number of rotatable bonds is 6. The summed E-state index contributed by atoms with van der Waals surface area (Å²) in [5, 5.41) is 3.36. The third-order valence-electron chi connectivity index (χ3n) is 4.74. The maximum atomic E-state index is 12.3. The van der Waals surface area contributed by atoms with Gasteiger partial charge in [0.05, 0.1) is 12.1 Å². The predicted molar refractivity (Wildman–Crippen MR) is 105 cm³/mol. The quantitative estimate of drug-likeness (QED) is 0.823. The van der Waals surface area contributed by atoms with Gasteiger partial charge in [-0.05, 0) is 55.3 Å². The first-order valence-corrected chi connectivity index (χ1v) is 9.45. The van der Waals surface area contributed by atoms with Crippen LogP contribution in [0.15, 0.2) is 42.5 Å². The molecular weight excluding hydrogens is 348 g/mol. The number of hydrogen-bond donors (Lipinski definition) is 1. The number of likely N-dealkylation sites (tertiary alicyclic amines) is 1. The van der Waals surface area contributed by atoms with Crippen LogP contribution in [0.1, 0.15) is 40.7 Å². The van der Waals surface area contributed by atoms with Gasteiger partial charge in [-0.15, -0.1) is 0 Å². The zero-order valence-corrected chi connectivity index (χ0v) is 15.9. The standard InChI is InChI=1S/C21H25ClN2O2/c1-26-20-10-9-18(13-19(20)22)21(25)23-14-16-5-7-17(8-6-16)15-24-11-3-2-4-12-24/h5-10,13H,2-4,11-12,14-15H2,1H3,(H,23,25). The number of carbonyl (C=O) groups excluding carboxylic acids is 1. The molecule has 3 rings (SSSR count).